The van der Waals surface area contributed by atoms with Crippen molar-refractivity contribution in [3.8, 4) is 0 Å². The quantitative estimate of drug-likeness (QED) is 0.788. The Labute approximate surface area is 90.6 Å². The maximum atomic E-state index is 5.75. The molecule has 2 rings (SSSR count). The number of anilines is 1. The molecule has 3 heteroatoms. The van der Waals surface area contributed by atoms with Crippen molar-refractivity contribution >= 4 is 5.69 Å². The van der Waals surface area contributed by atoms with Gasteiger partial charge < -0.3 is 15.8 Å². The second-order valence-corrected chi connectivity index (χ2v) is 4.16. The maximum absolute atomic E-state index is 5.75. The van der Waals surface area contributed by atoms with Gasteiger partial charge in [0, 0.05) is 30.4 Å². The number of para-hydroxylation sites is 1. The van der Waals surface area contributed by atoms with Gasteiger partial charge in [-0.25, -0.2) is 0 Å². The summed E-state index contributed by atoms with van der Waals surface area (Å²) in [5.74, 6) is 0. The summed E-state index contributed by atoms with van der Waals surface area (Å²) in [6, 6.07) is 9.18. The van der Waals surface area contributed by atoms with E-state index in [-0.39, 0.29) is 0 Å². The fourth-order valence-corrected chi connectivity index (χ4v) is 1.94. The molecule has 82 valence electrons. The Balaban J connectivity index is 2.00. The van der Waals surface area contributed by atoms with Crippen LogP contribution in [0.3, 0.4) is 0 Å². The molecule has 0 bridgehead atoms. The highest BCUT2D eigenvalue weighted by Crippen LogP contribution is 2.24. The van der Waals surface area contributed by atoms with Crippen molar-refractivity contribution in [3.63, 3.8) is 0 Å². The molecule has 0 aromatic heterocycles. The molecule has 3 N–H and O–H groups in total. The third kappa shape index (κ3) is 2.49. The fourth-order valence-electron chi connectivity index (χ4n) is 1.94. The van der Waals surface area contributed by atoms with Crippen molar-refractivity contribution in [3.05, 3.63) is 29.8 Å². The summed E-state index contributed by atoms with van der Waals surface area (Å²) in [4.78, 5) is 0. The number of methoxy groups -OCH3 is 1. The highest BCUT2D eigenvalue weighted by molar-refractivity contribution is 5.51. The van der Waals surface area contributed by atoms with Gasteiger partial charge in [0.2, 0.25) is 0 Å². The lowest BCUT2D eigenvalue weighted by Crippen LogP contribution is -2.44. The molecule has 1 saturated carbocycles. The minimum atomic E-state index is 0.386. The van der Waals surface area contributed by atoms with Crippen molar-refractivity contribution in [2.24, 2.45) is 5.73 Å². The number of benzene rings is 1. The number of rotatable bonds is 4. The topological polar surface area (TPSA) is 47.3 Å². The van der Waals surface area contributed by atoms with Gasteiger partial charge in [-0.1, -0.05) is 18.2 Å². The van der Waals surface area contributed by atoms with Crippen LogP contribution in [0, 0.1) is 0 Å². The van der Waals surface area contributed by atoms with Crippen LogP contribution in [0.2, 0.25) is 0 Å². The predicted molar refractivity (Wildman–Crippen MR) is 61.8 cm³/mol. The van der Waals surface area contributed by atoms with Crippen LogP contribution >= 0.6 is 0 Å². The van der Waals surface area contributed by atoms with Gasteiger partial charge in [-0.15, -0.1) is 0 Å². The summed E-state index contributed by atoms with van der Waals surface area (Å²) < 4.78 is 5.16. The molecule has 1 fully saturated rings. The van der Waals surface area contributed by atoms with Gasteiger partial charge in [-0.2, -0.15) is 0 Å². The molecular weight excluding hydrogens is 188 g/mol. The largest absolute Gasteiger partial charge is 0.382 e. The second-order valence-electron chi connectivity index (χ2n) is 4.16. The Morgan fingerprint density at radius 3 is 2.80 bits per heavy atom. The van der Waals surface area contributed by atoms with Crippen LogP contribution in [0.5, 0.6) is 0 Å². The molecule has 1 aliphatic carbocycles. The van der Waals surface area contributed by atoms with E-state index in [0.29, 0.717) is 18.7 Å². The molecule has 0 radical (unpaired) electrons. The van der Waals surface area contributed by atoms with Gasteiger partial charge in [0.1, 0.15) is 0 Å². The zero-order valence-electron chi connectivity index (χ0n) is 9.07. The average Bonchev–Trinajstić information content (AvgIpc) is 2.19. The van der Waals surface area contributed by atoms with Crippen LogP contribution < -0.4 is 11.1 Å². The Kier molecular flexibility index (Phi) is 3.23. The molecule has 1 aliphatic rings. The summed E-state index contributed by atoms with van der Waals surface area (Å²) in [7, 11) is 1.72. The Morgan fingerprint density at radius 1 is 1.40 bits per heavy atom. The zero-order chi connectivity index (χ0) is 10.7. The van der Waals surface area contributed by atoms with E-state index in [9.17, 15) is 0 Å². The van der Waals surface area contributed by atoms with Crippen molar-refractivity contribution in [2.75, 3.05) is 12.4 Å². The van der Waals surface area contributed by atoms with Gasteiger partial charge in [0.05, 0.1) is 6.61 Å². The first-order chi connectivity index (χ1) is 7.29. The summed E-state index contributed by atoms with van der Waals surface area (Å²) in [5.41, 5.74) is 8.14. The summed E-state index contributed by atoms with van der Waals surface area (Å²) in [6.07, 6.45) is 2.14. The Hall–Kier alpha value is -1.06. The molecule has 1 aromatic rings. The van der Waals surface area contributed by atoms with Crippen molar-refractivity contribution in [1.29, 1.82) is 0 Å². The van der Waals surface area contributed by atoms with E-state index in [4.69, 9.17) is 10.5 Å². The van der Waals surface area contributed by atoms with Crippen LogP contribution in [0.15, 0.2) is 24.3 Å². The van der Waals surface area contributed by atoms with Gasteiger partial charge in [-0.05, 0) is 18.9 Å². The molecule has 0 unspecified atom stereocenters. The lowest BCUT2D eigenvalue weighted by molar-refractivity contribution is 0.185. The van der Waals surface area contributed by atoms with Crippen LogP contribution in [-0.2, 0) is 11.3 Å². The van der Waals surface area contributed by atoms with E-state index < -0.39 is 0 Å². The first-order valence-electron chi connectivity index (χ1n) is 5.38. The third-order valence-electron chi connectivity index (χ3n) is 2.85. The van der Waals surface area contributed by atoms with Crippen molar-refractivity contribution in [1.82, 2.24) is 0 Å². The number of nitrogens with two attached hydrogens (primary N) is 1. The molecule has 0 spiro atoms. The predicted octanol–water partition coefficient (Wildman–Crippen LogP) is 1.73. The number of hydrogen-bond donors (Lipinski definition) is 2. The molecule has 0 atom stereocenters. The van der Waals surface area contributed by atoms with Gasteiger partial charge >= 0.3 is 0 Å². The smallest absolute Gasteiger partial charge is 0.0733 e. The van der Waals surface area contributed by atoms with Crippen LogP contribution in [0.4, 0.5) is 5.69 Å². The summed E-state index contributed by atoms with van der Waals surface area (Å²) in [5, 5.41) is 3.50. The highest BCUT2D eigenvalue weighted by atomic mass is 16.5. The molecule has 0 aliphatic heterocycles. The Bertz CT molecular complexity index is 321. The maximum Gasteiger partial charge on any atom is 0.0733 e. The van der Waals surface area contributed by atoms with E-state index in [0.717, 1.165) is 12.8 Å². The van der Waals surface area contributed by atoms with Crippen molar-refractivity contribution in [2.45, 2.75) is 31.5 Å². The second kappa shape index (κ2) is 4.64. The lowest BCUT2D eigenvalue weighted by Gasteiger charge is -2.34. The third-order valence-corrected chi connectivity index (χ3v) is 2.85. The zero-order valence-corrected chi connectivity index (χ0v) is 9.07. The van der Waals surface area contributed by atoms with Gasteiger partial charge in [0.15, 0.2) is 0 Å². The van der Waals surface area contributed by atoms with Crippen LogP contribution in [0.1, 0.15) is 18.4 Å². The molecule has 0 heterocycles. The SMILES string of the molecule is COCc1ccccc1NC1CC(N)C1. The van der Waals surface area contributed by atoms with E-state index >= 15 is 0 Å². The number of ether oxygens (including phenoxy) is 1. The molecule has 0 saturated heterocycles. The number of hydrogen-bond acceptors (Lipinski definition) is 3. The first-order valence-corrected chi connectivity index (χ1v) is 5.38. The van der Waals surface area contributed by atoms with E-state index in [1.54, 1.807) is 7.11 Å². The van der Waals surface area contributed by atoms with E-state index in [1.807, 2.05) is 12.1 Å². The number of nitrogens with one attached hydrogen (secondary N) is 1. The van der Waals surface area contributed by atoms with E-state index in [2.05, 4.69) is 17.4 Å². The van der Waals surface area contributed by atoms with Gasteiger partial charge in [0.25, 0.3) is 0 Å². The fraction of sp³-hybridized carbons (Fsp3) is 0.500. The highest BCUT2D eigenvalue weighted by Gasteiger charge is 2.25. The Morgan fingerprint density at radius 2 is 2.13 bits per heavy atom. The van der Waals surface area contributed by atoms with Crippen molar-refractivity contribution < 1.29 is 4.74 Å². The monoisotopic (exact) mass is 206 g/mol. The minimum Gasteiger partial charge on any atom is -0.382 e. The van der Waals surface area contributed by atoms with Crippen LogP contribution in [-0.4, -0.2) is 19.2 Å². The summed E-state index contributed by atoms with van der Waals surface area (Å²) in [6.45, 7) is 0.655. The normalized spacial score (nSPS) is 24.7. The van der Waals surface area contributed by atoms with E-state index in [1.165, 1.54) is 11.3 Å². The molecule has 1 aromatic carbocycles. The molecule has 3 nitrogen and oxygen atoms in total. The van der Waals surface area contributed by atoms with Crippen LogP contribution in [0.25, 0.3) is 0 Å². The molecular formula is C12H18N2O. The standard InChI is InChI=1S/C12H18N2O/c1-15-8-9-4-2-3-5-12(9)14-11-6-10(13)7-11/h2-5,10-11,14H,6-8,13H2,1H3. The van der Waals surface area contributed by atoms with Gasteiger partial charge in [-0.3, -0.25) is 0 Å². The first kappa shape index (κ1) is 10.5. The minimum absolute atomic E-state index is 0.386. The molecule has 15 heavy (non-hydrogen) atoms. The lowest BCUT2D eigenvalue weighted by atomic mass is 9.87. The summed E-state index contributed by atoms with van der Waals surface area (Å²) >= 11 is 0. The average molecular weight is 206 g/mol. The molecule has 0 amide bonds.